The fourth-order valence-electron chi connectivity index (χ4n) is 2.61. The van der Waals surface area contributed by atoms with Crippen molar-refractivity contribution in [2.75, 3.05) is 19.6 Å². The number of hydrogen-bond acceptors (Lipinski definition) is 2. The number of halogens is 1. The lowest BCUT2D eigenvalue weighted by Gasteiger charge is -2.26. The van der Waals surface area contributed by atoms with E-state index in [1.165, 1.54) is 32.4 Å². The summed E-state index contributed by atoms with van der Waals surface area (Å²) in [4.78, 5) is 14.5. The summed E-state index contributed by atoms with van der Waals surface area (Å²) in [6, 6.07) is 7.24. The lowest BCUT2D eigenvalue weighted by molar-refractivity contribution is 0.0977. The first kappa shape index (κ1) is 14.5. The number of Topliss-reactive ketones (excluding diaryl/α,β-unsaturated/α-hetero) is 1. The molecule has 0 radical (unpaired) electrons. The van der Waals surface area contributed by atoms with Crippen LogP contribution in [0, 0.1) is 0 Å². The molecule has 0 unspecified atom stereocenters. The molecule has 3 heteroatoms. The van der Waals surface area contributed by atoms with E-state index in [2.05, 4.69) is 4.90 Å². The zero-order valence-corrected chi connectivity index (χ0v) is 12.2. The predicted octanol–water partition coefficient (Wildman–Crippen LogP) is 4.18. The highest BCUT2D eigenvalue weighted by atomic mass is 35.5. The van der Waals surface area contributed by atoms with E-state index in [0.29, 0.717) is 11.4 Å². The molecule has 0 spiro atoms. The van der Waals surface area contributed by atoms with Crippen LogP contribution in [0.5, 0.6) is 0 Å². The van der Waals surface area contributed by atoms with Crippen molar-refractivity contribution in [3.05, 3.63) is 34.9 Å². The number of carbonyl (C=O) groups excluding carboxylic acids is 1. The number of hydrogen-bond donors (Lipinski definition) is 0. The van der Waals surface area contributed by atoms with Crippen molar-refractivity contribution in [1.82, 2.24) is 4.90 Å². The quantitative estimate of drug-likeness (QED) is 0.575. The van der Waals surface area contributed by atoms with Gasteiger partial charge in [-0.1, -0.05) is 30.2 Å². The number of likely N-dealkylation sites (tertiary alicyclic amines) is 1. The summed E-state index contributed by atoms with van der Waals surface area (Å²) >= 11 is 5.89. The van der Waals surface area contributed by atoms with Crippen LogP contribution in [-0.2, 0) is 0 Å². The second-order valence-electron chi connectivity index (χ2n) is 5.29. The van der Waals surface area contributed by atoms with E-state index in [0.717, 1.165) is 24.9 Å². The second kappa shape index (κ2) is 7.66. The Labute approximate surface area is 120 Å². The fraction of sp³-hybridized carbons (Fsp3) is 0.562. The molecular formula is C16H22ClNO. The third-order valence-corrected chi connectivity index (χ3v) is 3.96. The van der Waals surface area contributed by atoms with Crippen LogP contribution in [0.15, 0.2) is 24.3 Å². The minimum atomic E-state index is 0.209. The third-order valence-electron chi connectivity index (χ3n) is 3.72. The second-order valence-corrected chi connectivity index (χ2v) is 5.73. The van der Waals surface area contributed by atoms with Crippen LogP contribution < -0.4 is 0 Å². The first-order valence-corrected chi connectivity index (χ1v) is 7.64. The van der Waals surface area contributed by atoms with Crippen molar-refractivity contribution in [3.63, 3.8) is 0 Å². The maximum atomic E-state index is 12.0. The molecule has 1 aromatic rings. The molecule has 0 aromatic heterocycles. The fourth-order valence-corrected chi connectivity index (χ4v) is 2.80. The molecule has 1 saturated heterocycles. The van der Waals surface area contributed by atoms with E-state index in [9.17, 15) is 4.79 Å². The van der Waals surface area contributed by atoms with Crippen LogP contribution in [0.25, 0.3) is 0 Å². The third kappa shape index (κ3) is 4.96. The number of nitrogens with zero attached hydrogens (tertiary/aromatic N) is 1. The molecule has 0 N–H and O–H groups in total. The maximum Gasteiger partial charge on any atom is 0.162 e. The lowest BCUT2D eigenvalue weighted by Crippen LogP contribution is -2.30. The SMILES string of the molecule is O=C(CCCCN1CCCCC1)c1cccc(Cl)c1. The molecule has 1 aromatic carbocycles. The molecule has 1 fully saturated rings. The Morgan fingerprint density at radius 3 is 2.68 bits per heavy atom. The number of piperidine rings is 1. The normalized spacial score (nSPS) is 16.5. The molecule has 0 aliphatic carbocycles. The van der Waals surface area contributed by atoms with Crippen LogP contribution in [0.3, 0.4) is 0 Å². The highest BCUT2D eigenvalue weighted by molar-refractivity contribution is 6.31. The highest BCUT2D eigenvalue weighted by Crippen LogP contribution is 2.14. The van der Waals surface area contributed by atoms with E-state index in [1.807, 2.05) is 12.1 Å². The van der Waals surface area contributed by atoms with Gasteiger partial charge in [-0.05, 0) is 57.5 Å². The van der Waals surface area contributed by atoms with Gasteiger partial charge >= 0.3 is 0 Å². The van der Waals surface area contributed by atoms with Gasteiger partial charge in [0.05, 0.1) is 0 Å². The first-order valence-electron chi connectivity index (χ1n) is 7.27. The van der Waals surface area contributed by atoms with Crippen LogP contribution in [0.4, 0.5) is 0 Å². The van der Waals surface area contributed by atoms with E-state index in [-0.39, 0.29) is 5.78 Å². The van der Waals surface area contributed by atoms with Crippen molar-refractivity contribution in [3.8, 4) is 0 Å². The summed E-state index contributed by atoms with van der Waals surface area (Å²) in [5.74, 6) is 0.209. The van der Waals surface area contributed by atoms with Crippen molar-refractivity contribution < 1.29 is 4.79 Å². The maximum absolute atomic E-state index is 12.0. The molecule has 1 aliphatic rings. The Morgan fingerprint density at radius 1 is 1.16 bits per heavy atom. The van der Waals surface area contributed by atoms with Gasteiger partial charge in [-0.25, -0.2) is 0 Å². The molecule has 104 valence electrons. The molecule has 19 heavy (non-hydrogen) atoms. The standard InChI is InChI=1S/C16H22ClNO/c17-15-8-6-7-14(13-15)16(19)9-2-5-12-18-10-3-1-4-11-18/h6-8,13H,1-5,9-12H2. The Hall–Kier alpha value is -0.860. The number of carbonyl (C=O) groups is 1. The zero-order chi connectivity index (χ0) is 13.5. The van der Waals surface area contributed by atoms with Crippen molar-refractivity contribution in [2.24, 2.45) is 0 Å². The first-order chi connectivity index (χ1) is 9.25. The average molecular weight is 280 g/mol. The molecule has 0 atom stereocenters. The summed E-state index contributed by atoms with van der Waals surface area (Å²) in [6.07, 6.45) is 6.77. The van der Waals surface area contributed by atoms with Gasteiger partial charge in [0.2, 0.25) is 0 Å². The Morgan fingerprint density at radius 2 is 1.95 bits per heavy atom. The van der Waals surface area contributed by atoms with Crippen LogP contribution in [0.1, 0.15) is 48.9 Å². The van der Waals surface area contributed by atoms with Gasteiger partial charge in [0.25, 0.3) is 0 Å². The Kier molecular flexibility index (Phi) is 5.87. The molecule has 0 bridgehead atoms. The molecule has 0 saturated carbocycles. The minimum Gasteiger partial charge on any atom is -0.303 e. The Bertz CT molecular complexity index is 413. The van der Waals surface area contributed by atoms with Gasteiger partial charge in [0.1, 0.15) is 0 Å². The lowest BCUT2D eigenvalue weighted by atomic mass is 10.0. The number of unbranched alkanes of at least 4 members (excludes halogenated alkanes) is 1. The van der Waals surface area contributed by atoms with Crippen molar-refractivity contribution >= 4 is 17.4 Å². The summed E-state index contributed by atoms with van der Waals surface area (Å²) < 4.78 is 0. The minimum absolute atomic E-state index is 0.209. The van der Waals surface area contributed by atoms with Crippen LogP contribution >= 0.6 is 11.6 Å². The largest absolute Gasteiger partial charge is 0.303 e. The topological polar surface area (TPSA) is 20.3 Å². The molecular weight excluding hydrogens is 258 g/mol. The van der Waals surface area contributed by atoms with E-state index < -0.39 is 0 Å². The van der Waals surface area contributed by atoms with Gasteiger partial charge in [0, 0.05) is 17.0 Å². The number of ketones is 1. The van der Waals surface area contributed by atoms with Gasteiger partial charge in [0.15, 0.2) is 5.78 Å². The molecule has 1 aliphatic heterocycles. The van der Waals surface area contributed by atoms with Gasteiger partial charge in [-0.15, -0.1) is 0 Å². The van der Waals surface area contributed by atoms with E-state index in [4.69, 9.17) is 11.6 Å². The number of benzene rings is 1. The van der Waals surface area contributed by atoms with E-state index in [1.54, 1.807) is 12.1 Å². The Balaban J connectivity index is 1.66. The number of rotatable bonds is 6. The van der Waals surface area contributed by atoms with Gasteiger partial charge in [-0.3, -0.25) is 4.79 Å². The molecule has 2 rings (SSSR count). The van der Waals surface area contributed by atoms with Crippen LogP contribution in [0.2, 0.25) is 5.02 Å². The van der Waals surface area contributed by atoms with Crippen molar-refractivity contribution in [1.29, 1.82) is 0 Å². The smallest absolute Gasteiger partial charge is 0.162 e. The molecule has 0 amide bonds. The summed E-state index contributed by atoms with van der Waals surface area (Å²) in [5, 5.41) is 0.638. The molecule has 2 nitrogen and oxygen atoms in total. The van der Waals surface area contributed by atoms with Crippen LogP contribution in [-0.4, -0.2) is 30.3 Å². The average Bonchev–Trinajstić information content (AvgIpc) is 2.44. The van der Waals surface area contributed by atoms with Gasteiger partial charge in [-0.2, -0.15) is 0 Å². The molecule has 1 heterocycles. The highest BCUT2D eigenvalue weighted by Gasteiger charge is 2.10. The summed E-state index contributed by atoms with van der Waals surface area (Å²) in [6.45, 7) is 3.62. The summed E-state index contributed by atoms with van der Waals surface area (Å²) in [5.41, 5.74) is 0.741. The summed E-state index contributed by atoms with van der Waals surface area (Å²) in [7, 11) is 0. The monoisotopic (exact) mass is 279 g/mol. The van der Waals surface area contributed by atoms with Gasteiger partial charge < -0.3 is 4.90 Å². The van der Waals surface area contributed by atoms with Crippen molar-refractivity contribution in [2.45, 2.75) is 38.5 Å². The predicted molar refractivity (Wildman–Crippen MR) is 79.9 cm³/mol. The zero-order valence-electron chi connectivity index (χ0n) is 11.4. The van der Waals surface area contributed by atoms with E-state index >= 15 is 0 Å².